The fraction of sp³-hybridized carbons (Fsp3) is 0.526. The van der Waals surface area contributed by atoms with E-state index in [-0.39, 0.29) is 28.7 Å². The Kier molecular flexibility index (Phi) is 7.08. The van der Waals surface area contributed by atoms with E-state index in [0.717, 1.165) is 31.4 Å². The standard InChI is InChI=1S/C19H26N2O4S/c1-19(2)12-13(19)16(23)21-14(18(24)25)8-5-3-4-6-11-26-17-15(22)9-7-10-20-17/h7-10,13,22H,3-6,11-12H2,1-2H3,(H,21,23)(H,24,25). The maximum absolute atomic E-state index is 12.0. The molecule has 1 aliphatic rings. The third-order valence-corrected chi connectivity index (χ3v) is 5.59. The summed E-state index contributed by atoms with van der Waals surface area (Å²) in [6.07, 6.45) is 7.37. The van der Waals surface area contributed by atoms with Gasteiger partial charge in [0, 0.05) is 12.1 Å². The molecule has 1 aromatic rings. The first-order valence-corrected chi connectivity index (χ1v) is 9.81. The zero-order valence-corrected chi connectivity index (χ0v) is 16.0. The number of hydrogen-bond acceptors (Lipinski definition) is 5. The van der Waals surface area contributed by atoms with Gasteiger partial charge in [0.1, 0.15) is 16.5 Å². The van der Waals surface area contributed by atoms with Crippen LogP contribution in [0.4, 0.5) is 0 Å². The number of unbranched alkanes of at least 4 members (excludes halogenated alkanes) is 3. The third kappa shape index (κ3) is 6.05. The van der Waals surface area contributed by atoms with Gasteiger partial charge in [0.15, 0.2) is 0 Å². The van der Waals surface area contributed by atoms with Crippen LogP contribution in [0.25, 0.3) is 0 Å². The van der Waals surface area contributed by atoms with E-state index in [1.165, 1.54) is 11.8 Å². The average molecular weight is 378 g/mol. The van der Waals surface area contributed by atoms with Crippen molar-refractivity contribution >= 4 is 23.6 Å². The lowest BCUT2D eigenvalue weighted by Gasteiger charge is -2.07. The Morgan fingerprint density at radius 3 is 2.73 bits per heavy atom. The molecule has 1 saturated carbocycles. The van der Waals surface area contributed by atoms with Crippen LogP contribution < -0.4 is 5.32 Å². The van der Waals surface area contributed by atoms with E-state index in [1.807, 2.05) is 13.8 Å². The van der Waals surface area contributed by atoms with E-state index < -0.39 is 5.97 Å². The van der Waals surface area contributed by atoms with Gasteiger partial charge in [-0.2, -0.15) is 0 Å². The van der Waals surface area contributed by atoms with Crippen LogP contribution in [0.1, 0.15) is 46.0 Å². The van der Waals surface area contributed by atoms with Crippen molar-refractivity contribution < 1.29 is 19.8 Å². The molecule has 26 heavy (non-hydrogen) atoms. The molecule has 1 heterocycles. The van der Waals surface area contributed by atoms with Crippen LogP contribution in [0.5, 0.6) is 5.75 Å². The summed E-state index contributed by atoms with van der Waals surface area (Å²) in [4.78, 5) is 27.4. The molecule has 0 aliphatic heterocycles. The van der Waals surface area contributed by atoms with Gasteiger partial charge < -0.3 is 15.5 Å². The lowest BCUT2D eigenvalue weighted by Crippen LogP contribution is -2.29. The molecule has 1 aliphatic carbocycles. The fourth-order valence-corrected chi connectivity index (χ4v) is 3.55. The van der Waals surface area contributed by atoms with Gasteiger partial charge in [-0.3, -0.25) is 4.79 Å². The first-order chi connectivity index (χ1) is 12.3. The van der Waals surface area contributed by atoms with Crippen LogP contribution in [-0.4, -0.2) is 32.8 Å². The molecule has 3 N–H and O–H groups in total. The van der Waals surface area contributed by atoms with Crippen molar-refractivity contribution in [2.45, 2.75) is 51.0 Å². The Labute approximate surface area is 158 Å². The number of pyridine rings is 1. The maximum atomic E-state index is 12.0. The quantitative estimate of drug-likeness (QED) is 0.327. The number of aromatic hydroxyl groups is 1. The molecule has 0 aromatic carbocycles. The monoisotopic (exact) mass is 378 g/mol. The van der Waals surface area contributed by atoms with Crippen molar-refractivity contribution in [3.8, 4) is 5.75 Å². The molecule has 1 fully saturated rings. The van der Waals surface area contributed by atoms with Gasteiger partial charge in [-0.15, -0.1) is 11.8 Å². The molecule has 0 saturated heterocycles. The molecule has 1 atom stereocenters. The number of rotatable bonds is 10. The topological polar surface area (TPSA) is 99.5 Å². The summed E-state index contributed by atoms with van der Waals surface area (Å²) in [5.74, 6) is -0.354. The number of aliphatic carboxylic acids is 1. The molecule has 0 spiro atoms. The van der Waals surface area contributed by atoms with Crippen LogP contribution in [0.15, 0.2) is 35.1 Å². The maximum Gasteiger partial charge on any atom is 0.352 e. The second-order valence-electron chi connectivity index (χ2n) is 7.18. The summed E-state index contributed by atoms with van der Waals surface area (Å²) in [6, 6.07) is 3.30. The fourth-order valence-electron chi connectivity index (χ4n) is 2.66. The Hall–Kier alpha value is -2.02. The van der Waals surface area contributed by atoms with Crippen molar-refractivity contribution in [2.75, 3.05) is 5.75 Å². The normalized spacial score (nSPS) is 18.4. The molecular weight excluding hydrogens is 352 g/mol. The van der Waals surface area contributed by atoms with Gasteiger partial charge in [0.2, 0.25) is 5.91 Å². The summed E-state index contributed by atoms with van der Waals surface area (Å²) < 4.78 is 0. The van der Waals surface area contributed by atoms with Crippen molar-refractivity contribution in [1.29, 1.82) is 0 Å². The first kappa shape index (κ1) is 20.3. The predicted molar refractivity (Wildman–Crippen MR) is 101 cm³/mol. The van der Waals surface area contributed by atoms with Gasteiger partial charge >= 0.3 is 5.97 Å². The predicted octanol–water partition coefficient (Wildman–Crippen LogP) is 3.57. The van der Waals surface area contributed by atoms with Crippen molar-refractivity contribution in [3.05, 3.63) is 30.1 Å². The number of aromatic nitrogens is 1. The van der Waals surface area contributed by atoms with Gasteiger partial charge in [-0.1, -0.05) is 26.3 Å². The highest BCUT2D eigenvalue weighted by Crippen LogP contribution is 2.51. The molecule has 1 unspecified atom stereocenters. The molecule has 1 amide bonds. The minimum Gasteiger partial charge on any atom is -0.505 e. The summed E-state index contributed by atoms with van der Waals surface area (Å²) in [5.41, 5.74) is -0.0431. The lowest BCUT2D eigenvalue weighted by molar-refractivity contribution is -0.135. The molecule has 142 valence electrons. The van der Waals surface area contributed by atoms with Crippen LogP contribution in [0.3, 0.4) is 0 Å². The van der Waals surface area contributed by atoms with Gasteiger partial charge in [0.25, 0.3) is 0 Å². The van der Waals surface area contributed by atoms with Crippen molar-refractivity contribution in [2.24, 2.45) is 11.3 Å². The molecule has 0 bridgehead atoms. The van der Waals surface area contributed by atoms with E-state index in [9.17, 15) is 19.8 Å². The number of carbonyl (C=O) groups is 2. The van der Waals surface area contributed by atoms with E-state index in [2.05, 4.69) is 10.3 Å². The molecule has 7 heteroatoms. The molecule has 0 radical (unpaired) electrons. The van der Waals surface area contributed by atoms with Gasteiger partial charge in [-0.25, -0.2) is 9.78 Å². The second-order valence-corrected chi connectivity index (χ2v) is 8.27. The minimum absolute atomic E-state index is 0.0204. The Morgan fingerprint density at radius 1 is 1.38 bits per heavy atom. The summed E-state index contributed by atoms with van der Waals surface area (Å²) in [6.45, 7) is 4.01. The number of nitrogens with one attached hydrogen (secondary N) is 1. The van der Waals surface area contributed by atoms with E-state index >= 15 is 0 Å². The summed E-state index contributed by atoms with van der Waals surface area (Å²) in [5, 5.41) is 22.0. The van der Waals surface area contributed by atoms with Crippen LogP contribution >= 0.6 is 11.8 Å². The number of carboxylic acids is 1. The Bertz CT molecular complexity index is 688. The Balaban J connectivity index is 1.66. The van der Waals surface area contributed by atoms with Crippen molar-refractivity contribution in [3.63, 3.8) is 0 Å². The third-order valence-electron chi connectivity index (χ3n) is 4.50. The molecule has 2 rings (SSSR count). The number of carbonyl (C=O) groups excluding carboxylic acids is 1. The number of nitrogens with zero attached hydrogens (tertiary/aromatic N) is 1. The van der Waals surface area contributed by atoms with Crippen LogP contribution in [-0.2, 0) is 9.59 Å². The zero-order chi connectivity index (χ0) is 19.2. The largest absolute Gasteiger partial charge is 0.505 e. The number of hydrogen-bond donors (Lipinski definition) is 3. The number of carboxylic acid groups (broad SMARTS) is 1. The smallest absolute Gasteiger partial charge is 0.352 e. The number of allylic oxidation sites excluding steroid dienone is 1. The molecule has 1 aromatic heterocycles. The number of thioether (sulfide) groups is 1. The molecular formula is C19H26N2O4S. The van der Waals surface area contributed by atoms with Gasteiger partial charge in [0.05, 0.1) is 0 Å². The first-order valence-electron chi connectivity index (χ1n) is 8.82. The highest BCUT2D eigenvalue weighted by atomic mass is 32.2. The summed E-state index contributed by atoms with van der Waals surface area (Å²) in [7, 11) is 0. The summed E-state index contributed by atoms with van der Waals surface area (Å²) >= 11 is 1.51. The SMILES string of the molecule is CC1(C)CC1C(=O)NC(=CCCCCCSc1ncccc1O)C(=O)O. The molecule has 6 nitrogen and oxygen atoms in total. The number of amides is 1. The van der Waals surface area contributed by atoms with E-state index in [1.54, 1.807) is 24.4 Å². The van der Waals surface area contributed by atoms with Gasteiger partial charge in [-0.05, 0) is 49.0 Å². The van der Waals surface area contributed by atoms with Crippen LogP contribution in [0.2, 0.25) is 0 Å². The Morgan fingerprint density at radius 2 is 2.12 bits per heavy atom. The average Bonchev–Trinajstić information content (AvgIpc) is 3.22. The zero-order valence-electron chi connectivity index (χ0n) is 15.2. The second kappa shape index (κ2) is 9.07. The van der Waals surface area contributed by atoms with E-state index in [4.69, 9.17) is 0 Å². The highest BCUT2D eigenvalue weighted by molar-refractivity contribution is 7.99. The van der Waals surface area contributed by atoms with Crippen molar-refractivity contribution in [1.82, 2.24) is 10.3 Å². The van der Waals surface area contributed by atoms with Crippen LogP contribution in [0, 0.1) is 11.3 Å². The van der Waals surface area contributed by atoms with E-state index in [0.29, 0.717) is 11.4 Å². The lowest BCUT2D eigenvalue weighted by atomic mass is 10.1. The minimum atomic E-state index is -1.10. The highest BCUT2D eigenvalue weighted by Gasteiger charge is 2.50.